The lowest BCUT2D eigenvalue weighted by atomic mass is 9.80. The lowest BCUT2D eigenvalue weighted by Crippen LogP contribution is -2.21. The smallest absolute Gasteiger partial charge is 0.346 e. The van der Waals surface area contributed by atoms with Gasteiger partial charge < -0.3 is 9.47 Å². The van der Waals surface area contributed by atoms with E-state index in [4.69, 9.17) is 14.7 Å². The lowest BCUT2D eigenvalue weighted by molar-refractivity contribution is 0.0727. The lowest BCUT2D eigenvalue weighted by Gasteiger charge is -2.28. The second kappa shape index (κ2) is 10.3. The minimum atomic E-state index is -1.55. The molecular formula is C24H24F3NO3. The van der Waals surface area contributed by atoms with Crippen LogP contribution in [0.3, 0.4) is 0 Å². The van der Waals surface area contributed by atoms with Gasteiger partial charge in [0.1, 0.15) is 11.3 Å². The molecule has 3 rings (SSSR count). The van der Waals surface area contributed by atoms with Crippen LogP contribution in [0.5, 0.6) is 11.5 Å². The van der Waals surface area contributed by atoms with Crippen molar-refractivity contribution < 1.29 is 27.4 Å². The van der Waals surface area contributed by atoms with Crippen LogP contribution in [0.15, 0.2) is 30.3 Å². The minimum Gasteiger partial charge on any atom is -0.487 e. The maximum atomic E-state index is 14.5. The molecule has 4 nitrogen and oxygen atoms in total. The molecule has 0 aromatic heterocycles. The molecule has 0 unspecified atom stereocenters. The number of hydrogen-bond acceptors (Lipinski definition) is 4. The molecule has 0 aliphatic heterocycles. The van der Waals surface area contributed by atoms with Crippen molar-refractivity contribution in [2.24, 2.45) is 11.8 Å². The van der Waals surface area contributed by atoms with Crippen LogP contribution < -0.4 is 9.47 Å². The molecule has 1 saturated carbocycles. The normalized spacial score (nSPS) is 18.3. The first-order chi connectivity index (χ1) is 14.9. The van der Waals surface area contributed by atoms with Gasteiger partial charge in [0.05, 0.1) is 18.2 Å². The molecule has 0 saturated heterocycles. The minimum absolute atomic E-state index is 0.0169. The predicted molar refractivity (Wildman–Crippen MR) is 108 cm³/mol. The van der Waals surface area contributed by atoms with Gasteiger partial charge in [0.15, 0.2) is 17.4 Å². The largest absolute Gasteiger partial charge is 0.487 e. The Kier molecular flexibility index (Phi) is 7.56. The first-order valence-corrected chi connectivity index (χ1v) is 10.5. The van der Waals surface area contributed by atoms with Crippen molar-refractivity contribution in [2.45, 2.75) is 45.4 Å². The molecule has 2 aromatic rings. The summed E-state index contributed by atoms with van der Waals surface area (Å²) in [5, 5.41) is 8.77. The molecule has 7 heteroatoms. The Balaban J connectivity index is 1.66. The molecule has 0 radical (unpaired) electrons. The molecule has 0 N–H and O–H groups in total. The monoisotopic (exact) mass is 431 g/mol. The van der Waals surface area contributed by atoms with Crippen LogP contribution >= 0.6 is 0 Å². The molecule has 0 heterocycles. The van der Waals surface area contributed by atoms with Crippen molar-refractivity contribution in [3.8, 4) is 17.6 Å². The van der Waals surface area contributed by atoms with Crippen LogP contribution in [-0.2, 0) is 0 Å². The van der Waals surface area contributed by atoms with Gasteiger partial charge in [0, 0.05) is 0 Å². The molecule has 164 valence electrons. The maximum absolute atomic E-state index is 14.5. The third kappa shape index (κ3) is 5.57. The summed E-state index contributed by atoms with van der Waals surface area (Å²) < 4.78 is 53.6. The van der Waals surface area contributed by atoms with Crippen LogP contribution in [0, 0.1) is 40.6 Å². The number of nitriles is 1. The van der Waals surface area contributed by atoms with E-state index in [0.29, 0.717) is 17.5 Å². The van der Waals surface area contributed by atoms with Crippen molar-refractivity contribution in [2.75, 3.05) is 6.61 Å². The van der Waals surface area contributed by atoms with E-state index in [1.807, 2.05) is 6.07 Å². The fourth-order valence-electron chi connectivity index (χ4n) is 3.92. The second-order valence-electron chi connectivity index (χ2n) is 7.88. The zero-order chi connectivity index (χ0) is 22.4. The summed E-state index contributed by atoms with van der Waals surface area (Å²) >= 11 is 0. The van der Waals surface area contributed by atoms with E-state index in [9.17, 15) is 18.0 Å². The Morgan fingerprint density at radius 2 is 1.71 bits per heavy atom. The molecule has 0 amide bonds. The van der Waals surface area contributed by atoms with E-state index in [1.54, 1.807) is 0 Å². The summed E-state index contributed by atoms with van der Waals surface area (Å²) in [6, 6.07) is 7.93. The van der Waals surface area contributed by atoms with Crippen LogP contribution in [0.1, 0.15) is 61.4 Å². The average Bonchev–Trinajstić information content (AvgIpc) is 2.78. The van der Waals surface area contributed by atoms with Crippen molar-refractivity contribution in [3.05, 3.63) is 58.9 Å². The number of carbonyl (C=O) groups is 1. The van der Waals surface area contributed by atoms with E-state index >= 15 is 0 Å². The Hall–Kier alpha value is -3.01. The number of nitrogens with zero attached hydrogens (tertiary/aromatic N) is 1. The van der Waals surface area contributed by atoms with E-state index in [-0.39, 0.29) is 18.3 Å². The van der Waals surface area contributed by atoms with Crippen LogP contribution in [0.2, 0.25) is 0 Å². The Morgan fingerprint density at radius 1 is 1.06 bits per heavy atom. The van der Waals surface area contributed by atoms with Crippen molar-refractivity contribution >= 4 is 5.97 Å². The van der Waals surface area contributed by atoms with Gasteiger partial charge in [0.2, 0.25) is 5.82 Å². The Bertz CT molecular complexity index is 962. The van der Waals surface area contributed by atoms with Gasteiger partial charge in [-0.1, -0.05) is 32.6 Å². The fourth-order valence-corrected chi connectivity index (χ4v) is 3.92. The summed E-state index contributed by atoms with van der Waals surface area (Å²) in [5.41, 5.74) is -0.532. The zero-order valence-electron chi connectivity index (χ0n) is 17.3. The highest BCUT2D eigenvalue weighted by Crippen LogP contribution is 2.33. The number of rotatable bonds is 7. The molecule has 0 atom stereocenters. The number of esters is 1. The van der Waals surface area contributed by atoms with Gasteiger partial charge in [-0.15, -0.1) is 0 Å². The van der Waals surface area contributed by atoms with E-state index in [0.717, 1.165) is 32.1 Å². The molecule has 1 aliphatic rings. The van der Waals surface area contributed by atoms with Crippen LogP contribution in [0.25, 0.3) is 0 Å². The third-order valence-electron chi connectivity index (χ3n) is 5.66. The molecule has 0 bridgehead atoms. The first kappa shape index (κ1) is 22.7. The number of hydrogen-bond donors (Lipinski definition) is 0. The highest BCUT2D eigenvalue weighted by Gasteiger charge is 2.27. The molecule has 0 spiro atoms. The average molecular weight is 431 g/mol. The van der Waals surface area contributed by atoms with Crippen molar-refractivity contribution in [1.82, 2.24) is 0 Å². The number of halogens is 3. The van der Waals surface area contributed by atoms with Gasteiger partial charge >= 0.3 is 5.97 Å². The zero-order valence-corrected chi connectivity index (χ0v) is 17.3. The topological polar surface area (TPSA) is 59.3 Å². The van der Waals surface area contributed by atoms with Crippen LogP contribution in [-0.4, -0.2) is 12.6 Å². The SMILES string of the molecule is CCCC1CCC(COc2c(F)cc(C(=O)Oc3ccc(C#N)cc3)c(F)c2F)CC1. The second-order valence-corrected chi connectivity index (χ2v) is 7.88. The van der Waals surface area contributed by atoms with Gasteiger partial charge in [-0.3, -0.25) is 0 Å². The van der Waals surface area contributed by atoms with Crippen LogP contribution in [0.4, 0.5) is 13.2 Å². The maximum Gasteiger partial charge on any atom is 0.346 e. The summed E-state index contributed by atoms with van der Waals surface area (Å²) in [6.07, 6.45) is 6.25. The number of ether oxygens (including phenoxy) is 2. The molecule has 2 aromatic carbocycles. The first-order valence-electron chi connectivity index (χ1n) is 10.5. The fraction of sp³-hybridized carbons (Fsp3) is 0.417. The van der Waals surface area contributed by atoms with Gasteiger partial charge in [-0.05, 0) is 55.0 Å². The summed E-state index contributed by atoms with van der Waals surface area (Å²) in [5.74, 6) is -5.44. The van der Waals surface area contributed by atoms with Gasteiger partial charge in [-0.25, -0.2) is 13.6 Å². The third-order valence-corrected chi connectivity index (χ3v) is 5.66. The Morgan fingerprint density at radius 3 is 2.32 bits per heavy atom. The quantitative estimate of drug-likeness (QED) is 0.298. The summed E-state index contributed by atoms with van der Waals surface area (Å²) in [6.45, 7) is 2.25. The van der Waals surface area contributed by atoms with E-state index in [2.05, 4.69) is 6.92 Å². The standard InChI is InChI=1S/C24H24F3NO3/c1-2-3-15-4-6-17(7-5-15)14-30-23-20(25)12-19(21(26)22(23)27)24(29)31-18-10-8-16(13-28)9-11-18/h8-12,15,17H,2-7,14H2,1H3. The van der Waals surface area contributed by atoms with Crippen molar-refractivity contribution in [3.63, 3.8) is 0 Å². The number of benzene rings is 2. The highest BCUT2D eigenvalue weighted by atomic mass is 19.2. The van der Waals surface area contributed by atoms with Crippen molar-refractivity contribution in [1.29, 1.82) is 5.26 Å². The van der Waals surface area contributed by atoms with Gasteiger partial charge in [-0.2, -0.15) is 9.65 Å². The molecule has 1 aliphatic carbocycles. The predicted octanol–water partition coefficient (Wildman–Crippen LogP) is 6.18. The van der Waals surface area contributed by atoms with E-state index < -0.39 is 34.7 Å². The Labute approximate surface area is 179 Å². The molecule has 1 fully saturated rings. The summed E-state index contributed by atoms with van der Waals surface area (Å²) in [4.78, 5) is 12.2. The summed E-state index contributed by atoms with van der Waals surface area (Å²) in [7, 11) is 0. The molecule has 31 heavy (non-hydrogen) atoms. The molecular weight excluding hydrogens is 407 g/mol. The van der Waals surface area contributed by atoms with Gasteiger partial charge in [0.25, 0.3) is 0 Å². The highest BCUT2D eigenvalue weighted by molar-refractivity contribution is 5.91. The number of carbonyl (C=O) groups excluding carboxylic acids is 1. The van der Waals surface area contributed by atoms with E-state index in [1.165, 1.54) is 30.7 Å².